The van der Waals surface area contributed by atoms with Crippen LogP contribution in [0.4, 0.5) is 4.39 Å². The zero-order chi connectivity index (χ0) is 18.1. The molecule has 0 saturated heterocycles. The van der Waals surface area contributed by atoms with Crippen molar-refractivity contribution in [2.75, 3.05) is 0 Å². The van der Waals surface area contributed by atoms with Crippen LogP contribution in [0.15, 0.2) is 42.5 Å². The van der Waals surface area contributed by atoms with E-state index < -0.39 is 8.32 Å². The first-order chi connectivity index (χ1) is 11.0. The van der Waals surface area contributed by atoms with E-state index in [-0.39, 0.29) is 16.6 Å². The maximum absolute atomic E-state index is 13.7. The Bertz CT molecular complexity index is 760. The number of rotatable bonds is 4. The summed E-state index contributed by atoms with van der Waals surface area (Å²) in [5.74, 6) is 0.323. The van der Waals surface area contributed by atoms with E-state index in [0.717, 1.165) is 11.3 Å². The fourth-order valence-corrected chi connectivity index (χ4v) is 3.26. The third-order valence-electron chi connectivity index (χ3n) is 4.69. The van der Waals surface area contributed by atoms with Crippen molar-refractivity contribution in [1.82, 2.24) is 0 Å². The molecule has 4 heteroatoms. The number of hydrogen-bond donors (Lipinski definition) is 0. The molecule has 0 unspecified atom stereocenters. The van der Waals surface area contributed by atoms with Crippen LogP contribution in [0.2, 0.25) is 18.1 Å². The molecule has 128 valence electrons. The molecule has 0 aromatic heterocycles. The number of carbonyl (C=O) groups is 1. The van der Waals surface area contributed by atoms with Gasteiger partial charge in [0.2, 0.25) is 8.32 Å². The van der Waals surface area contributed by atoms with Crippen molar-refractivity contribution < 1.29 is 13.6 Å². The van der Waals surface area contributed by atoms with E-state index in [1.165, 1.54) is 25.1 Å². The maximum atomic E-state index is 13.7. The summed E-state index contributed by atoms with van der Waals surface area (Å²) in [5, 5.41) is 0.0897. The van der Waals surface area contributed by atoms with Crippen molar-refractivity contribution in [1.29, 1.82) is 0 Å². The second kappa shape index (κ2) is 6.52. The fraction of sp³-hybridized carbons (Fsp3) is 0.350. The second-order valence-corrected chi connectivity index (χ2v) is 12.4. The van der Waals surface area contributed by atoms with Gasteiger partial charge in [-0.3, -0.25) is 4.79 Å². The van der Waals surface area contributed by atoms with Gasteiger partial charge in [-0.25, -0.2) is 4.39 Å². The molecule has 0 aliphatic heterocycles. The lowest BCUT2D eigenvalue weighted by molar-refractivity contribution is 0.101. The highest BCUT2D eigenvalue weighted by Crippen LogP contribution is 2.38. The molecule has 2 aromatic rings. The van der Waals surface area contributed by atoms with Gasteiger partial charge >= 0.3 is 0 Å². The summed E-state index contributed by atoms with van der Waals surface area (Å²) in [6.07, 6.45) is 0. The number of hydrogen-bond acceptors (Lipinski definition) is 2. The Hall–Kier alpha value is -1.94. The average Bonchev–Trinajstić information content (AvgIpc) is 2.45. The molecule has 0 bridgehead atoms. The lowest BCUT2D eigenvalue weighted by Crippen LogP contribution is -2.43. The molecule has 24 heavy (non-hydrogen) atoms. The van der Waals surface area contributed by atoms with Gasteiger partial charge in [0.25, 0.3) is 0 Å². The van der Waals surface area contributed by atoms with Crippen molar-refractivity contribution in [3.63, 3.8) is 0 Å². The molecule has 0 aliphatic carbocycles. The zero-order valence-corrected chi connectivity index (χ0v) is 16.2. The van der Waals surface area contributed by atoms with Crippen LogP contribution in [0.3, 0.4) is 0 Å². The van der Waals surface area contributed by atoms with Gasteiger partial charge in [0, 0.05) is 5.56 Å². The van der Waals surface area contributed by atoms with E-state index in [4.69, 9.17) is 4.43 Å². The quantitative estimate of drug-likeness (QED) is 0.496. The van der Waals surface area contributed by atoms with Gasteiger partial charge in [-0.05, 0) is 66.5 Å². The minimum atomic E-state index is -1.96. The molecular formula is C20H25FO2Si. The van der Waals surface area contributed by atoms with E-state index in [0.29, 0.717) is 11.1 Å². The molecule has 0 atom stereocenters. The molecule has 2 nitrogen and oxygen atoms in total. The third-order valence-corrected chi connectivity index (χ3v) is 9.04. The molecule has 2 rings (SSSR count). The normalized spacial score (nSPS) is 12.1. The SMILES string of the molecule is CC(=O)c1ccc(F)cc1-c1cccc(O[Si](C)(C)C(C)(C)C)c1. The van der Waals surface area contributed by atoms with Crippen LogP contribution in [-0.4, -0.2) is 14.1 Å². The molecule has 0 fully saturated rings. The first-order valence-corrected chi connectivity index (χ1v) is 11.0. The number of carbonyl (C=O) groups excluding carboxylic acids is 1. The predicted octanol–water partition coefficient (Wildman–Crippen LogP) is 6.08. The first-order valence-electron chi connectivity index (χ1n) is 8.11. The van der Waals surface area contributed by atoms with E-state index in [2.05, 4.69) is 33.9 Å². The largest absolute Gasteiger partial charge is 0.543 e. The minimum Gasteiger partial charge on any atom is -0.543 e. The highest BCUT2D eigenvalue weighted by atomic mass is 28.4. The van der Waals surface area contributed by atoms with Crippen LogP contribution in [0.5, 0.6) is 5.75 Å². The van der Waals surface area contributed by atoms with E-state index in [9.17, 15) is 9.18 Å². The van der Waals surface area contributed by atoms with Crippen molar-refractivity contribution in [3.05, 3.63) is 53.8 Å². The summed E-state index contributed by atoms with van der Waals surface area (Å²) < 4.78 is 20.0. The molecule has 0 amide bonds. The molecular weight excluding hydrogens is 319 g/mol. The van der Waals surface area contributed by atoms with Gasteiger partial charge in [0.1, 0.15) is 11.6 Å². The van der Waals surface area contributed by atoms with Gasteiger partial charge in [-0.15, -0.1) is 0 Å². The van der Waals surface area contributed by atoms with Crippen LogP contribution in [0.25, 0.3) is 11.1 Å². The molecule has 0 aliphatic rings. The van der Waals surface area contributed by atoms with Crippen LogP contribution >= 0.6 is 0 Å². The smallest absolute Gasteiger partial charge is 0.250 e. The van der Waals surface area contributed by atoms with Crippen LogP contribution < -0.4 is 4.43 Å². The number of benzene rings is 2. The van der Waals surface area contributed by atoms with Crippen LogP contribution in [-0.2, 0) is 0 Å². The molecule has 0 N–H and O–H groups in total. The highest BCUT2D eigenvalue weighted by Gasteiger charge is 2.39. The van der Waals surface area contributed by atoms with E-state index in [1.807, 2.05) is 24.3 Å². The second-order valence-electron chi connectivity index (χ2n) is 7.64. The standard InChI is InChI=1S/C20H25FO2Si/c1-14(22)18-11-10-16(21)13-19(18)15-8-7-9-17(12-15)23-24(5,6)20(2,3)4/h7-13H,1-6H3. The van der Waals surface area contributed by atoms with E-state index >= 15 is 0 Å². The van der Waals surface area contributed by atoms with Gasteiger partial charge in [-0.1, -0.05) is 32.9 Å². The Morgan fingerprint density at radius 2 is 1.75 bits per heavy atom. The van der Waals surface area contributed by atoms with Gasteiger partial charge < -0.3 is 4.43 Å². The number of halogens is 1. The Labute approximate surface area is 144 Å². The van der Waals surface area contributed by atoms with Crippen molar-refractivity contribution in [3.8, 4) is 16.9 Å². The lowest BCUT2D eigenvalue weighted by Gasteiger charge is -2.36. The average molecular weight is 345 g/mol. The lowest BCUT2D eigenvalue weighted by atomic mass is 9.97. The molecule has 0 spiro atoms. The van der Waals surface area contributed by atoms with Crippen molar-refractivity contribution in [2.45, 2.75) is 45.8 Å². The predicted molar refractivity (Wildman–Crippen MR) is 99.7 cm³/mol. The summed E-state index contributed by atoms with van der Waals surface area (Å²) in [6, 6.07) is 11.8. The van der Waals surface area contributed by atoms with Crippen LogP contribution in [0.1, 0.15) is 38.1 Å². The minimum absolute atomic E-state index is 0.0827. The summed E-state index contributed by atoms with van der Waals surface area (Å²) in [7, 11) is -1.96. The van der Waals surface area contributed by atoms with Gasteiger partial charge in [0.05, 0.1) is 0 Å². The summed E-state index contributed by atoms with van der Waals surface area (Å²) in [5.41, 5.74) is 1.90. The molecule has 2 aromatic carbocycles. The number of Topliss-reactive ketones (excluding diaryl/α,β-unsaturated/α-hetero) is 1. The zero-order valence-electron chi connectivity index (χ0n) is 15.2. The monoisotopic (exact) mass is 344 g/mol. The summed E-state index contributed by atoms with van der Waals surface area (Å²) in [6.45, 7) is 12.4. The Balaban J connectivity index is 2.46. The van der Waals surface area contributed by atoms with Gasteiger partial charge in [-0.2, -0.15) is 0 Å². The number of ketones is 1. The van der Waals surface area contributed by atoms with Crippen LogP contribution in [0, 0.1) is 5.82 Å². The highest BCUT2D eigenvalue weighted by molar-refractivity contribution is 6.74. The Morgan fingerprint density at radius 3 is 2.33 bits per heavy atom. The Kier molecular flexibility index (Phi) is 4.99. The topological polar surface area (TPSA) is 26.3 Å². The van der Waals surface area contributed by atoms with Gasteiger partial charge in [0.15, 0.2) is 5.78 Å². The van der Waals surface area contributed by atoms with Crippen molar-refractivity contribution in [2.24, 2.45) is 0 Å². The maximum Gasteiger partial charge on any atom is 0.250 e. The summed E-state index contributed by atoms with van der Waals surface area (Å²) in [4.78, 5) is 11.8. The molecule has 0 radical (unpaired) electrons. The summed E-state index contributed by atoms with van der Waals surface area (Å²) >= 11 is 0. The molecule has 0 heterocycles. The molecule has 0 saturated carbocycles. The fourth-order valence-electron chi connectivity index (χ4n) is 2.24. The van der Waals surface area contributed by atoms with Crippen molar-refractivity contribution >= 4 is 14.1 Å². The first kappa shape index (κ1) is 18.4. The van der Waals surface area contributed by atoms with E-state index in [1.54, 1.807) is 0 Å². The third kappa shape index (κ3) is 3.93. The Morgan fingerprint density at radius 1 is 1.08 bits per heavy atom.